The molecule has 0 aliphatic rings. The van der Waals surface area contributed by atoms with Crippen LogP contribution in [0.2, 0.25) is 0 Å². The normalized spacial score (nSPS) is 10.2. The van der Waals surface area contributed by atoms with Crippen LogP contribution in [0, 0.1) is 0 Å². The highest BCUT2D eigenvalue weighted by molar-refractivity contribution is 9.10. The van der Waals surface area contributed by atoms with Gasteiger partial charge in [0.25, 0.3) is 0 Å². The molecule has 86 valence electrons. The molecule has 2 aromatic rings. The molecule has 0 aliphatic heterocycles. The van der Waals surface area contributed by atoms with Gasteiger partial charge in [-0.1, -0.05) is 46.3 Å². The van der Waals surface area contributed by atoms with Gasteiger partial charge in [-0.2, -0.15) is 0 Å². The third kappa shape index (κ3) is 3.72. The van der Waals surface area contributed by atoms with Crippen molar-refractivity contribution in [1.29, 1.82) is 0 Å². The fraction of sp³-hybridized carbons (Fsp3) is 0.0714. The summed E-state index contributed by atoms with van der Waals surface area (Å²) in [6, 6.07) is 17.4. The Balaban J connectivity index is 1.95. The van der Waals surface area contributed by atoms with Crippen molar-refractivity contribution in [3.63, 3.8) is 0 Å². The van der Waals surface area contributed by atoms with Crippen LogP contribution >= 0.6 is 27.7 Å². The number of halogens is 1. The van der Waals surface area contributed by atoms with Gasteiger partial charge in [-0.05, 0) is 24.3 Å². The van der Waals surface area contributed by atoms with Crippen molar-refractivity contribution in [3.05, 3.63) is 64.6 Å². The summed E-state index contributed by atoms with van der Waals surface area (Å²) in [5.41, 5.74) is 0.775. The Kier molecular flexibility index (Phi) is 4.40. The minimum absolute atomic E-state index is 0.165. The summed E-state index contributed by atoms with van der Waals surface area (Å²) < 4.78 is 1.05. The van der Waals surface area contributed by atoms with Gasteiger partial charge in [-0.25, -0.2) is 0 Å². The summed E-state index contributed by atoms with van der Waals surface area (Å²) in [4.78, 5) is 13.0. The first-order chi connectivity index (χ1) is 8.25. The maximum atomic E-state index is 11.9. The lowest BCUT2D eigenvalue weighted by Crippen LogP contribution is -2.01. The van der Waals surface area contributed by atoms with Crippen molar-refractivity contribution in [3.8, 4) is 0 Å². The van der Waals surface area contributed by atoms with E-state index in [-0.39, 0.29) is 5.78 Å². The van der Waals surface area contributed by atoms with Crippen LogP contribution in [0.15, 0.2) is 64.0 Å². The summed E-state index contributed by atoms with van der Waals surface area (Å²) in [5, 5.41) is 0. The van der Waals surface area contributed by atoms with Gasteiger partial charge < -0.3 is 0 Å². The van der Waals surface area contributed by atoms with Gasteiger partial charge in [-0.15, -0.1) is 11.8 Å². The monoisotopic (exact) mass is 306 g/mol. The lowest BCUT2D eigenvalue weighted by molar-refractivity contribution is 0.102. The SMILES string of the molecule is O=C(CSc1ccc(Br)cc1)c1ccccc1. The van der Waals surface area contributed by atoms with Crippen LogP contribution in [0.25, 0.3) is 0 Å². The molecule has 0 aromatic heterocycles. The summed E-state index contributed by atoms with van der Waals surface area (Å²) in [6.07, 6.45) is 0. The van der Waals surface area contributed by atoms with Gasteiger partial charge in [-0.3, -0.25) is 4.79 Å². The number of carbonyl (C=O) groups is 1. The molecule has 0 N–H and O–H groups in total. The van der Waals surface area contributed by atoms with E-state index in [0.29, 0.717) is 5.75 Å². The number of hydrogen-bond acceptors (Lipinski definition) is 2. The van der Waals surface area contributed by atoms with E-state index in [1.807, 2.05) is 54.6 Å². The van der Waals surface area contributed by atoms with E-state index < -0.39 is 0 Å². The van der Waals surface area contributed by atoms with Crippen LogP contribution in [0.5, 0.6) is 0 Å². The molecule has 0 aliphatic carbocycles. The molecule has 0 radical (unpaired) electrons. The largest absolute Gasteiger partial charge is 0.293 e. The van der Waals surface area contributed by atoms with Gasteiger partial charge in [0.2, 0.25) is 0 Å². The standard InChI is InChI=1S/C14H11BrOS/c15-12-6-8-13(9-7-12)17-10-14(16)11-4-2-1-3-5-11/h1-9H,10H2. The molecule has 0 spiro atoms. The molecular weight excluding hydrogens is 296 g/mol. The van der Waals surface area contributed by atoms with Crippen molar-refractivity contribution in [1.82, 2.24) is 0 Å². The molecule has 3 heteroatoms. The second-order valence-electron chi connectivity index (χ2n) is 3.53. The third-order valence-corrected chi connectivity index (χ3v) is 3.82. The van der Waals surface area contributed by atoms with Crippen LogP contribution in [-0.2, 0) is 0 Å². The fourth-order valence-corrected chi connectivity index (χ4v) is 2.44. The molecule has 17 heavy (non-hydrogen) atoms. The third-order valence-electron chi connectivity index (χ3n) is 2.28. The Morgan fingerprint density at radius 2 is 1.65 bits per heavy atom. The maximum absolute atomic E-state index is 11.9. The number of hydrogen-bond donors (Lipinski definition) is 0. The second kappa shape index (κ2) is 6.03. The lowest BCUT2D eigenvalue weighted by Gasteiger charge is -2.01. The fourth-order valence-electron chi connectivity index (χ4n) is 1.39. The van der Waals surface area contributed by atoms with E-state index >= 15 is 0 Å². The first-order valence-corrected chi connectivity index (χ1v) is 7.00. The average molecular weight is 307 g/mol. The van der Waals surface area contributed by atoms with Crippen LogP contribution in [0.1, 0.15) is 10.4 Å². The molecule has 0 amide bonds. The van der Waals surface area contributed by atoms with Gasteiger partial charge in [0.05, 0.1) is 5.75 Å². The highest BCUT2D eigenvalue weighted by atomic mass is 79.9. The van der Waals surface area contributed by atoms with Crippen LogP contribution in [0.4, 0.5) is 0 Å². The Hall–Kier alpha value is -1.06. The van der Waals surface area contributed by atoms with Gasteiger partial charge in [0.15, 0.2) is 5.78 Å². The predicted molar refractivity (Wildman–Crippen MR) is 75.6 cm³/mol. The number of benzene rings is 2. The second-order valence-corrected chi connectivity index (χ2v) is 5.50. The predicted octanol–water partition coefficient (Wildman–Crippen LogP) is 4.42. The quantitative estimate of drug-likeness (QED) is 0.614. The molecule has 0 saturated carbocycles. The Morgan fingerprint density at radius 1 is 1.00 bits per heavy atom. The highest BCUT2D eigenvalue weighted by Crippen LogP contribution is 2.21. The molecule has 1 nitrogen and oxygen atoms in total. The van der Waals surface area contributed by atoms with Crippen LogP contribution in [0.3, 0.4) is 0 Å². The number of rotatable bonds is 4. The zero-order valence-electron chi connectivity index (χ0n) is 9.10. The van der Waals surface area contributed by atoms with Gasteiger partial charge in [0.1, 0.15) is 0 Å². The highest BCUT2D eigenvalue weighted by Gasteiger charge is 2.05. The molecule has 2 aromatic carbocycles. The first-order valence-electron chi connectivity index (χ1n) is 5.22. The van der Waals surface area contributed by atoms with E-state index in [4.69, 9.17) is 0 Å². The Bertz CT molecular complexity index is 493. The Labute approximate surface area is 113 Å². The number of Topliss-reactive ketones (excluding diaryl/α,β-unsaturated/α-hetero) is 1. The van der Waals surface area contributed by atoms with Crippen molar-refractivity contribution < 1.29 is 4.79 Å². The maximum Gasteiger partial charge on any atom is 0.173 e. The molecule has 0 unspecified atom stereocenters. The molecule has 0 bridgehead atoms. The topological polar surface area (TPSA) is 17.1 Å². The number of carbonyl (C=O) groups excluding carboxylic acids is 1. The van der Waals surface area contributed by atoms with Crippen molar-refractivity contribution >= 4 is 33.5 Å². The smallest absolute Gasteiger partial charge is 0.173 e. The first kappa shape index (κ1) is 12.4. The molecular formula is C14H11BrOS. The average Bonchev–Trinajstić information content (AvgIpc) is 2.39. The van der Waals surface area contributed by atoms with E-state index in [9.17, 15) is 4.79 Å². The molecule has 2 rings (SSSR count). The molecule has 0 heterocycles. The summed E-state index contributed by atoms with van der Waals surface area (Å²) in [6.45, 7) is 0. The van der Waals surface area contributed by atoms with Gasteiger partial charge >= 0.3 is 0 Å². The minimum Gasteiger partial charge on any atom is -0.293 e. The number of thioether (sulfide) groups is 1. The van der Waals surface area contributed by atoms with E-state index in [2.05, 4.69) is 15.9 Å². The van der Waals surface area contributed by atoms with Crippen LogP contribution < -0.4 is 0 Å². The van der Waals surface area contributed by atoms with Crippen LogP contribution in [-0.4, -0.2) is 11.5 Å². The van der Waals surface area contributed by atoms with Gasteiger partial charge in [0, 0.05) is 14.9 Å². The molecule has 0 saturated heterocycles. The zero-order valence-corrected chi connectivity index (χ0v) is 11.5. The lowest BCUT2D eigenvalue weighted by atomic mass is 10.2. The van der Waals surface area contributed by atoms with E-state index in [0.717, 1.165) is 14.9 Å². The van der Waals surface area contributed by atoms with Crippen molar-refractivity contribution in [2.45, 2.75) is 4.90 Å². The Morgan fingerprint density at radius 3 is 2.29 bits per heavy atom. The summed E-state index contributed by atoms with van der Waals surface area (Å²) in [5.74, 6) is 0.643. The molecule has 0 fully saturated rings. The summed E-state index contributed by atoms with van der Waals surface area (Å²) >= 11 is 4.95. The van der Waals surface area contributed by atoms with Crippen molar-refractivity contribution in [2.24, 2.45) is 0 Å². The summed E-state index contributed by atoms with van der Waals surface area (Å²) in [7, 11) is 0. The molecule has 0 atom stereocenters. The van der Waals surface area contributed by atoms with E-state index in [1.165, 1.54) is 0 Å². The zero-order chi connectivity index (χ0) is 12.1. The number of ketones is 1. The van der Waals surface area contributed by atoms with Crippen molar-refractivity contribution in [2.75, 3.05) is 5.75 Å². The van der Waals surface area contributed by atoms with E-state index in [1.54, 1.807) is 11.8 Å². The minimum atomic E-state index is 0.165.